The van der Waals surface area contributed by atoms with Gasteiger partial charge in [0, 0.05) is 30.3 Å². The van der Waals surface area contributed by atoms with Gasteiger partial charge in [-0.1, -0.05) is 20.4 Å². The van der Waals surface area contributed by atoms with E-state index >= 15 is 0 Å². The number of carbonyl (C=O) groups is 2. The van der Waals surface area contributed by atoms with Gasteiger partial charge in [-0.25, -0.2) is 4.79 Å². The molecule has 1 unspecified atom stereocenters. The molecule has 3 N–H and O–H groups in total. The molecule has 3 fully saturated rings. The fourth-order valence-corrected chi connectivity index (χ4v) is 5.08. The van der Waals surface area contributed by atoms with E-state index in [4.69, 9.17) is 9.47 Å². The van der Waals surface area contributed by atoms with Crippen LogP contribution in [0.5, 0.6) is 0 Å². The molecule has 0 bridgehead atoms. The van der Waals surface area contributed by atoms with Crippen LogP contribution in [0.3, 0.4) is 0 Å². The van der Waals surface area contributed by atoms with Crippen LogP contribution >= 0.6 is 0 Å². The van der Waals surface area contributed by atoms with Crippen LogP contribution in [0.15, 0.2) is 12.2 Å². The molecule has 2 saturated carbocycles. The van der Waals surface area contributed by atoms with Gasteiger partial charge in [-0.3, -0.25) is 4.79 Å². The molecule has 2 aliphatic carbocycles. The molecule has 0 spiro atoms. The monoisotopic (exact) mass is 340 g/mol. The minimum absolute atomic E-state index is 0.118. The molecule has 1 saturated heterocycles. The number of aliphatic hydroxyl groups is 3. The average molecular weight is 340 g/mol. The minimum atomic E-state index is -1.05. The Morgan fingerprint density at radius 1 is 1.38 bits per heavy atom. The van der Waals surface area contributed by atoms with Gasteiger partial charge >= 0.3 is 11.9 Å². The predicted octanol–water partition coefficient (Wildman–Crippen LogP) is -0.226. The van der Waals surface area contributed by atoms with E-state index in [2.05, 4.69) is 6.58 Å². The van der Waals surface area contributed by atoms with E-state index in [-0.39, 0.29) is 12.0 Å². The maximum Gasteiger partial charge on any atom is 0.334 e. The van der Waals surface area contributed by atoms with Crippen molar-refractivity contribution >= 4 is 11.9 Å². The zero-order valence-corrected chi connectivity index (χ0v) is 14.0. The number of hydrogen-bond donors (Lipinski definition) is 3. The van der Waals surface area contributed by atoms with Crippen molar-refractivity contribution in [3.05, 3.63) is 12.2 Å². The van der Waals surface area contributed by atoms with E-state index in [1.807, 2.05) is 0 Å². The molecular formula is C17H24O7. The zero-order valence-electron chi connectivity index (χ0n) is 14.0. The maximum atomic E-state index is 12.0. The van der Waals surface area contributed by atoms with E-state index in [9.17, 15) is 24.9 Å². The van der Waals surface area contributed by atoms with Gasteiger partial charge in [0.25, 0.3) is 0 Å². The highest BCUT2D eigenvalue weighted by atomic mass is 16.6. The normalized spacial score (nSPS) is 50.8. The Balaban J connectivity index is 2.17. The summed E-state index contributed by atoms with van der Waals surface area (Å²) < 4.78 is 10.8. The minimum Gasteiger partial charge on any atom is -0.461 e. The molecule has 24 heavy (non-hydrogen) atoms. The Hall–Kier alpha value is -1.44. The standard InChI is InChI=1S/C17H24O7/c1-6-11-14(24-16(6)22)13(21)7(2)12-9(19)5-10(20)17(12,4)15(11)23-8(3)18/h7,9-15,19-21H,1,5H2,2-4H3/t7-,9-,10+,11+,12?,13+,14+,15+,17+/m0/s1. The first kappa shape index (κ1) is 17.4. The van der Waals surface area contributed by atoms with E-state index in [0.29, 0.717) is 0 Å². The van der Waals surface area contributed by atoms with Gasteiger partial charge in [-0.2, -0.15) is 0 Å². The van der Waals surface area contributed by atoms with Gasteiger partial charge in [-0.05, 0) is 5.92 Å². The lowest BCUT2D eigenvalue weighted by atomic mass is 9.66. The van der Waals surface area contributed by atoms with Crippen LogP contribution in [0.1, 0.15) is 27.2 Å². The third-order valence-electron chi connectivity index (χ3n) is 6.25. The van der Waals surface area contributed by atoms with E-state index < -0.39 is 65.6 Å². The van der Waals surface area contributed by atoms with Crippen molar-refractivity contribution in [2.24, 2.45) is 23.2 Å². The van der Waals surface area contributed by atoms with Gasteiger partial charge in [0.15, 0.2) is 0 Å². The van der Waals surface area contributed by atoms with Crippen LogP contribution < -0.4 is 0 Å². The van der Waals surface area contributed by atoms with Crippen molar-refractivity contribution < 1.29 is 34.4 Å². The summed E-state index contributed by atoms with van der Waals surface area (Å²) in [4.78, 5) is 23.7. The number of aliphatic hydroxyl groups excluding tert-OH is 3. The topological polar surface area (TPSA) is 113 Å². The van der Waals surface area contributed by atoms with Crippen LogP contribution in [0, 0.1) is 23.2 Å². The SMILES string of the molecule is C=C1C(=O)O[C@H]2[C@H](O)[C@@H](C)C3[C@@H](O)C[C@@H](O)[C@@]3(C)[C@H](OC(C)=O)[C@H]12. The van der Waals surface area contributed by atoms with Crippen LogP contribution in [-0.2, 0) is 19.1 Å². The molecule has 0 aromatic carbocycles. The van der Waals surface area contributed by atoms with Gasteiger partial charge in [0.05, 0.1) is 24.2 Å². The molecule has 9 atom stereocenters. The summed E-state index contributed by atoms with van der Waals surface area (Å²) in [5.41, 5.74) is -0.907. The van der Waals surface area contributed by atoms with Crippen LogP contribution in [0.25, 0.3) is 0 Å². The summed E-state index contributed by atoms with van der Waals surface area (Å²) in [5.74, 6) is -2.93. The Morgan fingerprint density at radius 3 is 2.58 bits per heavy atom. The van der Waals surface area contributed by atoms with Crippen molar-refractivity contribution in [1.82, 2.24) is 0 Å². The maximum absolute atomic E-state index is 12.0. The summed E-state index contributed by atoms with van der Waals surface area (Å²) in [6.07, 6.45) is -4.56. The molecule has 134 valence electrons. The fraction of sp³-hybridized carbons (Fsp3) is 0.765. The third-order valence-corrected chi connectivity index (χ3v) is 6.25. The second-order valence-corrected chi connectivity index (χ2v) is 7.51. The highest BCUT2D eigenvalue weighted by Crippen LogP contribution is 2.58. The second kappa shape index (κ2) is 5.54. The first-order chi connectivity index (χ1) is 11.1. The van der Waals surface area contributed by atoms with Crippen LogP contribution in [-0.4, -0.2) is 57.8 Å². The fourth-order valence-electron chi connectivity index (χ4n) is 5.08. The first-order valence-electron chi connectivity index (χ1n) is 8.21. The molecule has 0 aromatic rings. The lowest BCUT2D eigenvalue weighted by Gasteiger charge is -2.43. The molecule has 1 aliphatic heterocycles. The Morgan fingerprint density at radius 2 is 2.00 bits per heavy atom. The molecule has 0 aromatic heterocycles. The number of rotatable bonds is 1. The molecule has 0 amide bonds. The summed E-state index contributed by atoms with van der Waals surface area (Å²) in [6.45, 7) is 8.47. The van der Waals surface area contributed by atoms with Gasteiger partial charge in [0.1, 0.15) is 12.2 Å². The molecule has 7 heteroatoms. The van der Waals surface area contributed by atoms with Crippen molar-refractivity contribution in [2.45, 2.75) is 57.7 Å². The Kier molecular flexibility index (Phi) is 4.01. The number of esters is 2. The number of fused-ring (bicyclic) bond motifs is 2. The highest BCUT2D eigenvalue weighted by Gasteiger charge is 2.67. The summed E-state index contributed by atoms with van der Waals surface area (Å²) >= 11 is 0. The highest BCUT2D eigenvalue weighted by molar-refractivity contribution is 5.91. The van der Waals surface area contributed by atoms with Gasteiger partial charge < -0.3 is 24.8 Å². The van der Waals surface area contributed by atoms with Gasteiger partial charge in [-0.15, -0.1) is 0 Å². The molecular weight excluding hydrogens is 316 g/mol. The number of hydrogen-bond acceptors (Lipinski definition) is 7. The third kappa shape index (κ3) is 2.14. The first-order valence-corrected chi connectivity index (χ1v) is 8.21. The van der Waals surface area contributed by atoms with Crippen LogP contribution in [0.2, 0.25) is 0 Å². The van der Waals surface area contributed by atoms with E-state index in [1.54, 1.807) is 13.8 Å². The largest absolute Gasteiger partial charge is 0.461 e. The lowest BCUT2D eigenvalue weighted by molar-refractivity contribution is -0.168. The molecule has 3 rings (SSSR count). The summed E-state index contributed by atoms with van der Waals surface area (Å²) in [7, 11) is 0. The quantitative estimate of drug-likeness (QED) is 0.446. The van der Waals surface area contributed by atoms with Gasteiger partial charge in [0.2, 0.25) is 0 Å². The zero-order chi connectivity index (χ0) is 18.0. The summed E-state index contributed by atoms with van der Waals surface area (Å²) in [6, 6.07) is 0. The summed E-state index contributed by atoms with van der Waals surface area (Å²) in [5, 5.41) is 31.8. The van der Waals surface area contributed by atoms with Crippen LogP contribution in [0.4, 0.5) is 0 Å². The molecule has 0 radical (unpaired) electrons. The van der Waals surface area contributed by atoms with Crippen molar-refractivity contribution in [3.63, 3.8) is 0 Å². The Bertz CT molecular complexity index is 587. The molecule has 3 aliphatic rings. The smallest absolute Gasteiger partial charge is 0.334 e. The number of ether oxygens (including phenoxy) is 2. The second-order valence-electron chi connectivity index (χ2n) is 7.51. The Labute approximate surface area is 140 Å². The number of carbonyl (C=O) groups excluding carboxylic acids is 2. The van der Waals surface area contributed by atoms with Crippen molar-refractivity contribution in [2.75, 3.05) is 0 Å². The average Bonchev–Trinajstić information content (AvgIpc) is 2.88. The van der Waals surface area contributed by atoms with E-state index in [0.717, 1.165) is 0 Å². The van der Waals surface area contributed by atoms with Crippen molar-refractivity contribution in [1.29, 1.82) is 0 Å². The van der Waals surface area contributed by atoms with E-state index in [1.165, 1.54) is 6.92 Å². The molecule has 7 nitrogen and oxygen atoms in total. The predicted molar refractivity (Wildman–Crippen MR) is 81.5 cm³/mol. The lowest BCUT2D eigenvalue weighted by Crippen LogP contribution is -2.51. The van der Waals surface area contributed by atoms with Crippen molar-refractivity contribution in [3.8, 4) is 0 Å². The molecule has 1 heterocycles.